The molecule has 20 heavy (non-hydrogen) atoms. The third-order valence-corrected chi connectivity index (χ3v) is 3.06. The quantitative estimate of drug-likeness (QED) is 0.712. The van der Waals surface area contributed by atoms with Crippen LogP contribution in [0, 0.1) is 0 Å². The highest BCUT2D eigenvalue weighted by molar-refractivity contribution is 5.27. The summed E-state index contributed by atoms with van der Waals surface area (Å²) in [6, 6.07) is 8.80. The van der Waals surface area contributed by atoms with Gasteiger partial charge in [0.1, 0.15) is 12.4 Å². The van der Waals surface area contributed by atoms with E-state index >= 15 is 0 Å². The molecule has 0 amide bonds. The van der Waals surface area contributed by atoms with Gasteiger partial charge >= 0.3 is 0 Å². The van der Waals surface area contributed by atoms with E-state index in [2.05, 4.69) is 43.2 Å². The number of hydrogen-bond donors (Lipinski definition) is 1. The predicted octanol–water partition coefficient (Wildman–Crippen LogP) is 2.14. The number of benzene rings is 1. The van der Waals surface area contributed by atoms with Crippen LogP contribution in [-0.2, 0) is 11.3 Å². The van der Waals surface area contributed by atoms with Crippen LogP contribution in [0.4, 0.5) is 0 Å². The maximum Gasteiger partial charge on any atom is 0.119 e. The molecule has 0 aromatic heterocycles. The number of hydrogen-bond acceptors (Lipinski definition) is 4. The van der Waals surface area contributed by atoms with Crippen molar-refractivity contribution in [2.24, 2.45) is 0 Å². The number of methoxy groups -OCH3 is 1. The lowest BCUT2D eigenvalue weighted by Gasteiger charge is -2.16. The predicted molar refractivity (Wildman–Crippen MR) is 83.3 cm³/mol. The molecule has 1 aromatic carbocycles. The van der Waals surface area contributed by atoms with Crippen LogP contribution < -0.4 is 10.1 Å². The fourth-order valence-corrected chi connectivity index (χ4v) is 1.70. The summed E-state index contributed by atoms with van der Waals surface area (Å²) >= 11 is 0. The first-order chi connectivity index (χ1) is 9.61. The highest BCUT2D eigenvalue weighted by Crippen LogP contribution is 2.12. The Morgan fingerprint density at radius 1 is 1.10 bits per heavy atom. The van der Waals surface area contributed by atoms with E-state index in [9.17, 15) is 0 Å². The van der Waals surface area contributed by atoms with Crippen LogP contribution in [-0.4, -0.2) is 51.4 Å². The van der Waals surface area contributed by atoms with Gasteiger partial charge in [-0.15, -0.1) is 0 Å². The van der Waals surface area contributed by atoms with Crippen LogP contribution in [0.2, 0.25) is 0 Å². The van der Waals surface area contributed by atoms with Crippen LogP contribution in [0.15, 0.2) is 24.3 Å². The standard InChI is InChI=1S/C16H28N2O2/c1-14(2)17-13-15-5-7-16(8-6-15)20-12-10-18(3)9-11-19-4/h5-8,14,17H,9-13H2,1-4H3. The average molecular weight is 280 g/mol. The maximum absolute atomic E-state index is 5.73. The molecule has 4 nitrogen and oxygen atoms in total. The van der Waals surface area contributed by atoms with Gasteiger partial charge in [0.25, 0.3) is 0 Å². The number of nitrogens with zero attached hydrogens (tertiary/aromatic N) is 1. The number of rotatable bonds is 10. The lowest BCUT2D eigenvalue weighted by Crippen LogP contribution is -2.27. The summed E-state index contributed by atoms with van der Waals surface area (Å²) in [5, 5.41) is 3.40. The van der Waals surface area contributed by atoms with Crippen molar-refractivity contribution >= 4 is 0 Å². The molecular formula is C16H28N2O2. The van der Waals surface area contributed by atoms with Crippen molar-refractivity contribution < 1.29 is 9.47 Å². The summed E-state index contributed by atoms with van der Waals surface area (Å²) in [6.45, 7) is 8.49. The van der Waals surface area contributed by atoms with Crippen molar-refractivity contribution in [3.05, 3.63) is 29.8 Å². The fraction of sp³-hybridized carbons (Fsp3) is 0.625. The molecule has 0 saturated heterocycles. The Hall–Kier alpha value is -1.10. The van der Waals surface area contributed by atoms with Crippen molar-refractivity contribution in [1.82, 2.24) is 10.2 Å². The van der Waals surface area contributed by atoms with Gasteiger partial charge in [0.2, 0.25) is 0 Å². The minimum atomic E-state index is 0.508. The molecule has 0 saturated carbocycles. The molecule has 0 bridgehead atoms. The SMILES string of the molecule is COCCN(C)CCOc1ccc(CNC(C)C)cc1. The smallest absolute Gasteiger partial charge is 0.119 e. The molecule has 0 aliphatic heterocycles. The normalized spacial score (nSPS) is 11.3. The topological polar surface area (TPSA) is 33.7 Å². The molecular weight excluding hydrogens is 252 g/mol. The third-order valence-electron chi connectivity index (χ3n) is 3.06. The lowest BCUT2D eigenvalue weighted by molar-refractivity contribution is 0.150. The molecule has 0 atom stereocenters. The molecule has 1 N–H and O–H groups in total. The second-order valence-corrected chi connectivity index (χ2v) is 5.32. The van der Waals surface area contributed by atoms with Gasteiger partial charge in [0.15, 0.2) is 0 Å². The molecule has 1 rings (SSSR count). The summed E-state index contributed by atoms with van der Waals surface area (Å²) in [6.07, 6.45) is 0. The molecule has 4 heteroatoms. The summed E-state index contributed by atoms with van der Waals surface area (Å²) in [7, 11) is 3.79. The molecule has 0 aliphatic carbocycles. The van der Waals surface area contributed by atoms with E-state index in [4.69, 9.17) is 9.47 Å². The highest BCUT2D eigenvalue weighted by atomic mass is 16.5. The minimum absolute atomic E-state index is 0.508. The number of nitrogens with one attached hydrogen (secondary N) is 1. The third kappa shape index (κ3) is 7.48. The molecule has 0 radical (unpaired) electrons. The van der Waals surface area contributed by atoms with Gasteiger partial charge in [-0.05, 0) is 24.7 Å². The monoisotopic (exact) mass is 280 g/mol. The zero-order chi connectivity index (χ0) is 14.8. The van der Waals surface area contributed by atoms with Gasteiger partial charge in [-0.3, -0.25) is 0 Å². The molecule has 0 unspecified atom stereocenters. The molecule has 0 fully saturated rings. The van der Waals surface area contributed by atoms with Gasteiger partial charge in [0, 0.05) is 32.8 Å². The zero-order valence-corrected chi connectivity index (χ0v) is 13.2. The Morgan fingerprint density at radius 2 is 1.75 bits per heavy atom. The van der Waals surface area contributed by atoms with Crippen LogP contribution in [0.5, 0.6) is 5.75 Å². The van der Waals surface area contributed by atoms with Crippen molar-refractivity contribution in [2.45, 2.75) is 26.4 Å². The van der Waals surface area contributed by atoms with E-state index in [0.717, 1.165) is 32.0 Å². The van der Waals surface area contributed by atoms with E-state index < -0.39 is 0 Å². The second kappa shape index (κ2) is 9.75. The summed E-state index contributed by atoms with van der Waals surface area (Å²) in [4.78, 5) is 2.20. The van der Waals surface area contributed by atoms with E-state index in [1.165, 1.54) is 5.56 Å². The van der Waals surface area contributed by atoms with Gasteiger partial charge in [-0.2, -0.15) is 0 Å². The lowest BCUT2D eigenvalue weighted by atomic mass is 10.2. The summed E-state index contributed by atoms with van der Waals surface area (Å²) in [5.74, 6) is 0.929. The van der Waals surface area contributed by atoms with Gasteiger partial charge in [-0.25, -0.2) is 0 Å². The van der Waals surface area contributed by atoms with Crippen LogP contribution >= 0.6 is 0 Å². The highest BCUT2D eigenvalue weighted by Gasteiger charge is 2.00. The van der Waals surface area contributed by atoms with Crippen LogP contribution in [0.25, 0.3) is 0 Å². The first kappa shape index (κ1) is 17.0. The van der Waals surface area contributed by atoms with E-state index in [0.29, 0.717) is 12.6 Å². The van der Waals surface area contributed by atoms with E-state index in [1.54, 1.807) is 7.11 Å². The van der Waals surface area contributed by atoms with Crippen LogP contribution in [0.1, 0.15) is 19.4 Å². The largest absolute Gasteiger partial charge is 0.492 e. The molecule has 0 heterocycles. The fourth-order valence-electron chi connectivity index (χ4n) is 1.70. The Kier molecular flexibility index (Phi) is 8.26. The van der Waals surface area contributed by atoms with E-state index in [1.807, 2.05) is 12.1 Å². The molecule has 0 aliphatic rings. The van der Waals surface area contributed by atoms with Gasteiger partial charge < -0.3 is 19.7 Å². The molecule has 114 valence electrons. The second-order valence-electron chi connectivity index (χ2n) is 5.32. The number of likely N-dealkylation sites (N-methyl/N-ethyl adjacent to an activating group) is 1. The number of ether oxygens (including phenoxy) is 2. The first-order valence-corrected chi connectivity index (χ1v) is 7.24. The van der Waals surface area contributed by atoms with Crippen molar-refractivity contribution in [2.75, 3.05) is 40.5 Å². The Labute approximate surface area is 123 Å². The minimum Gasteiger partial charge on any atom is -0.492 e. The van der Waals surface area contributed by atoms with E-state index in [-0.39, 0.29) is 0 Å². The molecule has 0 spiro atoms. The molecule has 1 aromatic rings. The van der Waals surface area contributed by atoms with Crippen molar-refractivity contribution in [3.63, 3.8) is 0 Å². The zero-order valence-electron chi connectivity index (χ0n) is 13.2. The maximum atomic E-state index is 5.73. The van der Waals surface area contributed by atoms with Crippen molar-refractivity contribution in [1.29, 1.82) is 0 Å². The summed E-state index contributed by atoms with van der Waals surface area (Å²) < 4.78 is 10.8. The summed E-state index contributed by atoms with van der Waals surface area (Å²) in [5.41, 5.74) is 1.28. The average Bonchev–Trinajstić information content (AvgIpc) is 2.44. The van der Waals surface area contributed by atoms with Crippen molar-refractivity contribution in [3.8, 4) is 5.75 Å². The van der Waals surface area contributed by atoms with Gasteiger partial charge in [-0.1, -0.05) is 26.0 Å². The van der Waals surface area contributed by atoms with Gasteiger partial charge in [0.05, 0.1) is 6.61 Å². The Bertz CT molecular complexity index is 352. The van der Waals surface area contributed by atoms with Crippen LogP contribution in [0.3, 0.4) is 0 Å². The Balaban J connectivity index is 2.24. The Morgan fingerprint density at radius 3 is 2.35 bits per heavy atom. The first-order valence-electron chi connectivity index (χ1n) is 7.24.